The van der Waals surface area contributed by atoms with Crippen LogP contribution in [-0.4, -0.2) is 17.8 Å². The van der Waals surface area contributed by atoms with Crippen LogP contribution in [0.1, 0.15) is 11.3 Å². The van der Waals surface area contributed by atoms with Crippen LogP contribution in [0.25, 0.3) is 11.3 Å². The molecule has 25 heavy (non-hydrogen) atoms. The summed E-state index contributed by atoms with van der Waals surface area (Å²) in [5, 5.41) is 11.4. The molecule has 2 aromatic carbocycles. The molecule has 0 saturated carbocycles. The van der Waals surface area contributed by atoms with Crippen LogP contribution in [0.4, 0.5) is 5.69 Å². The van der Waals surface area contributed by atoms with Crippen LogP contribution >= 0.6 is 11.6 Å². The average molecular weight is 350 g/mol. The number of hydrogen-bond donors (Lipinski definition) is 1. The summed E-state index contributed by atoms with van der Waals surface area (Å²) in [6.45, 7) is 0. The Balaban J connectivity index is 1.58. The number of amides is 1. The average Bonchev–Trinajstić information content (AvgIpc) is 3.20. The SMILES string of the molecule is O=C1Nc2ccccc2/C1=N/N=Cc1ccc(-c2ccccc2Cl)o1. The number of para-hydroxylation sites is 1. The molecule has 0 fully saturated rings. The fraction of sp³-hybridized carbons (Fsp3) is 0. The minimum atomic E-state index is -0.269. The Morgan fingerprint density at radius 3 is 2.56 bits per heavy atom. The van der Waals surface area contributed by atoms with E-state index < -0.39 is 0 Å². The summed E-state index contributed by atoms with van der Waals surface area (Å²) in [6.07, 6.45) is 1.46. The zero-order valence-electron chi connectivity index (χ0n) is 12.9. The summed E-state index contributed by atoms with van der Waals surface area (Å²) < 4.78 is 5.71. The van der Waals surface area contributed by atoms with Gasteiger partial charge in [-0.3, -0.25) is 4.79 Å². The minimum Gasteiger partial charge on any atom is -0.455 e. The fourth-order valence-corrected chi connectivity index (χ4v) is 2.80. The number of anilines is 1. The molecule has 4 rings (SSSR count). The molecule has 1 amide bonds. The third kappa shape index (κ3) is 2.97. The number of carbonyl (C=O) groups excluding carboxylic acids is 1. The highest BCUT2D eigenvalue weighted by Gasteiger charge is 2.25. The van der Waals surface area contributed by atoms with Gasteiger partial charge in [0.1, 0.15) is 11.5 Å². The number of furan rings is 1. The maximum absolute atomic E-state index is 11.9. The van der Waals surface area contributed by atoms with Crippen molar-refractivity contribution in [3.8, 4) is 11.3 Å². The summed E-state index contributed by atoms with van der Waals surface area (Å²) in [5.41, 5.74) is 2.56. The first kappa shape index (κ1) is 15.4. The lowest BCUT2D eigenvalue weighted by Crippen LogP contribution is -2.13. The van der Waals surface area contributed by atoms with Crippen LogP contribution in [0.15, 0.2) is 75.3 Å². The molecule has 6 heteroatoms. The molecule has 0 spiro atoms. The Kier molecular flexibility index (Phi) is 3.91. The van der Waals surface area contributed by atoms with E-state index in [1.54, 1.807) is 12.1 Å². The predicted molar refractivity (Wildman–Crippen MR) is 98.4 cm³/mol. The van der Waals surface area contributed by atoms with Crippen molar-refractivity contribution in [2.45, 2.75) is 0 Å². The van der Waals surface area contributed by atoms with Crippen molar-refractivity contribution in [2.75, 3.05) is 5.32 Å². The third-order valence-electron chi connectivity index (χ3n) is 3.75. The number of fused-ring (bicyclic) bond motifs is 1. The van der Waals surface area contributed by atoms with Gasteiger partial charge in [0.2, 0.25) is 0 Å². The summed E-state index contributed by atoms with van der Waals surface area (Å²) in [6, 6.07) is 18.4. The van der Waals surface area contributed by atoms with Gasteiger partial charge < -0.3 is 9.73 Å². The summed E-state index contributed by atoms with van der Waals surface area (Å²) >= 11 is 6.16. The van der Waals surface area contributed by atoms with Gasteiger partial charge >= 0.3 is 0 Å². The Bertz CT molecular complexity index is 1020. The lowest BCUT2D eigenvalue weighted by Gasteiger charge is -1.98. The van der Waals surface area contributed by atoms with Crippen molar-refractivity contribution in [3.63, 3.8) is 0 Å². The van der Waals surface area contributed by atoms with Crippen molar-refractivity contribution in [2.24, 2.45) is 10.2 Å². The Labute approximate surface area is 148 Å². The normalized spacial score (nSPS) is 14.9. The molecule has 1 aromatic heterocycles. The Morgan fingerprint density at radius 1 is 0.960 bits per heavy atom. The van der Waals surface area contributed by atoms with E-state index >= 15 is 0 Å². The fourth-order valence-electron chi connectivity index (χ4n) is 2.57. The van der Waals surface area contributed by atoms with Crippen LogP contribution in [0.2, 0.25) is 5.02 Å². The van der Waals surface area contributed by atoms with Crippen LogP contribution < -0.4 is 5.32 Å². The molecular weight excluding hydrogens is 338 g/mol. The molecule has 5 nitrogen and oxygen atoms in total. The largest absolute Gasteiger partial charge is 0.455 e. The highest BCUT2D eigenvalue weighted by molar-refractivity contribution is 6.53. The van der Waals surface area contributed by atoms with E-state index in [1.165, 1.54) is 6.21 Å². The van der Waals surface area contributed by atoms with Gasteiger partial charge in [-0.15, -0.1) is 5.10 Å². The Hall–Kier alpha value is -3.18. The summed E-state index contributed by atoms with van der Waals surface area (Å²) in [4.78, 5) is 11.9. The summed E-state index contributed by atoms with van der Waals surface area (Å²) in [5.74, 6) is 0.893. The molecule has 0 radical (unpaired) electrons. The minimum absolute atomic E-state index is 0.269. The lowest BCUT2D eigenvalue weighted by atomic mass is 10.1. The molecule has 122 valence electrons. The maximum atomic E-state index is 11.9. The molecule has 1 N–H and O–H groups in total. The molecule has 0 atom stereocenters. The standard InChI is InChI=1S/C19H12ClN3O2/c20-15-7-3-1-5-13(15)17-10-9-12(25-17)11-21-23-18-14-6-2-4-8-16(14)22-19(18)24/h1-11H,(H,22,23,24). The van der Waals surface area contributed by atoms with Crippen molar-refractivity contribution in [1.82, 2.24) is 0 Å². The van der Waals surface area contributed by atoms with E-state index in [1.807, 2.05) is 48.5 Å². The third-order valence-corrected chi connectivity index (χ3v) is 4.08. The maximum Gasteiger partial charge on any atom is 0.276 e. The second kappa shape index (κ2) is 6.37. The molecule has 0 bridgehead atoms. The highest BCUT2D eigenvalue weighted by atomic mass is 35.5. The first-order valence-electron chi connectivity index (χ1n) is 7.59. The first-order chi connectivity index (χ1) is 12.2. The van der Waals surface area contributed by atoms with Gasteiger partial charge in [0.25, 0.3) is 5.91 Å². The zero-order chi connectivity index (χ0) is 17.2. The van der Waals surface area contributed by atoms with Gasteiger partial charge in [-0.05, 0) is 30.3 Å². The first-order valence-corrected chi connectivity index (χ1v) is 7.97. The second-order valence-electron chi connectivity index (χ2n) is 5.37. The number of carbonyl (C=O) groups is 1. The molecule has 1 aliphatic heterocycles. The van der Waals surface area contributed by atoms with Gasteiger partial charge in [0.15, 0.2) is 5.71 Å². The van der Waals surface area contributed by atoms with E-state index in [9.17, 15) is 4.79 Å². The molecule has 3 aromatic rings. The predicted octanol–water partition coefficient (Wildman–Crippen LogP) is 4.38. The van der Waals surface area contributed by atoms with E-state index in [2.05, 4.69) is 15.5 Å². The van der Waals surface area contributed by atoms with Crippen LogP contribution in [0.5, 0.6) is 0 Å². The quantitative estimate of drug-likeness (QED) is 0.563. The number of hydrogen-bond acceptors (Lipinski definition) is 4. The molecule has 0 saturated heterocycles. The number of halogens is 1. The number of nitrogens with zero attached hydrogens (tertiary/aromatic N) is 2. The smallest absolute Gasteiger partial charge is 0.276 e. The van der Waals surface area contributed by atoms with Crippen molar-refractivity contribution in [3.05, 3.63) is 77.0 Å². The van der Waals surface area contributed by atoms with Gasteiger partial charge in [-0.2, -0.15) is 5.10 Å². The van der Waals surface area contributed by atoms with Gasteiger partial charge in [-0.1, -0.05) is 41.9 Å². The van der Waals surface area contributed by atoms with Gasteiger partial charge in [0, 0.05) is 11.1 Å². The van der Waals surface area contributed by atoms with Crippen molar-refractivity contribution < 1.29 is 9.21 Å². The van der Waals surface area contributed by atoms with Crippen molar-refractivity contribution >= 4 is 35.1 Å². The molecule has 2 heterocycles. The number of benzene rings is 2. The lowest BCUT2D eigenvalue weighted by molar-refractivity contribution is -0.110. The van der Waals surface area contributed by atoms with E-state index in [4.69, 9.17) is 16.0 Å². The number of rotatable bonds is 3. The summed E-state index contributed by atoms with van der Waals surface area (Å²) in [7, 11) is 0. The number of nitrogens with one attached hydrogen (secondary N) is 1. The van der Waals surface area contributed by atoms with Gasteiger partial charge in [-0.25, -0.2) is 0 Å². The highest BCUT2D eigenvalue weighted by Crippen LogP contribution is 2.28. The van der Waals surface area contributed by atoms with Gasteiger partial charge in [0.05, 0.1) is 16.9 Å². The molecular formula is C19H12ClN3O2. The molecule has 0 unspecified atom stereocenters. The Morgan fingerprint density at radius 2 is 1.72 bits per heavy atom. The molecule has 1 aliphatic rings. The van der Waals surface area contributed by atoms with E-state index in [0.717, 1.165) is 16.8 Å². The van der Waals surface area contributed by atoms with Crippen LogP contribution in [0.3, 0.4) is 0 Å². The van der Waals surface area contributed by atoms with Crippen LogP contribution in [-0.2, 0) is 4.79 Å². The monoisotopic (exact) mass is 349 g/mol. The van der Waals surface area contributed by atoms with E-state index in [-0.39, 0.29) is 11.6 Å². The second-order valence-corrected chi connectivity index (χ2v) is 5.78. The topological polar surface area (TPSA) is 67.0 Å². The van der Waals surface area contributed by atoms with E-state index in [0.29, 0.717) is 16.5 Å². The molecule has 0 aliphatic carbocycles. The van der Waals surface area contributed by atoms with Crippen molar-refractivity contribution in [1.29, 1.82) is 0 Å². The van der Waals surface area contributed by atoms with Crippen LogP contribution in [0, 0.1) is 0 Å². The zero-order valence-corrected chi connectivity index (χ0v) is 13.7.